The van der Waals surface area contributed by atoms with Gasteiger partial charge in [0.25, 0.3) is 0 Å². The van der Waals surface area contributed by atoms with E-state index in [1.54, 1.807) is 0 Å². The summed E-state index contributed by atoms with van der Waals surface area (Å²) < 4.78 is 7.62. The minimum absolute atomic E-state index is 0.416. The number of nitrogens with one attached hydrogen (secondary N) is 1. The second kappa shape index (κ2) is 5.46. The lowest BCUT2D eigenvalue weighted by atomic mass is 10.2. The number of nitrogens with zero attached hydrogens (tertiary/aromatic N) is 2. The smallest absolute Gasteiger partial charge is 0.0700 e. The monoisotopic (exact) mass is 223 g/mol. The Kier molecular flexibility index (Phi) is 3.96. The van der Waals surface area contributed by atoms with Crippen molar-refractivity contribution >= 4 is 0 Å². The molecule has 1 aliphatic rings. The van der Waals surface area contributed by atoms with Crippen LogP contribution in [0.5, 0.6) is 0 Å². The Balaban J connectivity index is 1.79. The van der Waals surface area contributed by atoms with Gasteiger partial charge in [-0.2, -0.15) is 5.10 Å². The fourth-order valence-corrected chi connectivity index (χ4v) is 2.18. The average Bonchev–Trinajstić information content (AvgIpc) is 2.88. The highest BCUT2D eigenvalue weighted by Gasteiger charge is 2.14. The maximum absolute atomic E-state index is 5.57. The third-order valence-electron chi connectivity index (χ3n) is 2.99. The highest BCUT2D eigenvalue weighted by atomic mass is 16.5. The molecule has 2 heterocycles. The predicted octanol–water partition coefficient (Wildman–Crippen LogP) is 1.48. The second-order valence-corrected chi connectivity index (χ2v) is 4.36. The van der Waals surface area contributed by atoms with Gasteiger partial charge in [0.05, 0.1) is 17.5 Å². The summed E-state index contributed by atoms with van der Waals surface area (Å²) in [6.45, 7) is 7.86. The number of hydrogen-bond acceptors (Lipinski definition) is 3. The van der Waals surface area contributed by atoms with Crippen molar-refractivity contribution in [3.05, 3.63) is 17.5 Å². The first-order chi connectivity index (χ1) is 7.79. The molecular weight excluding hydrogens is 202 g/mol. The molecule has 90 valence electrons. The number of aromatic nitrogens is 2. The van der Waals surface area contributed by atoms with Crippen LogP contribution < -0.4 is 5.32 Å². The molecule has 0 bridgehead atoms. The van der Waals surface area contributed by atoms with Gasteiger partial charge in [0.1, 0.15) is 0 Å². The molecule has 0 aromatic carbocycles. The van der Waals surface area contributed by atoms with Gasteiger partial charge in [-0.15, -0.1) is 0 Å². The Labute approximate surface area is 97.0 Å². The molecule has 1 unspecified atom stereocenters. The Morgan fingerprint density at radius 1 is 1.62 bits per heavy atom. The van der Waals surface area contributed by atoms with Crippen molar-refractivity contribution in [2.75, 3.05) is 13.2 Å². The van der Waals surface area contributed by atoms with Crippen molar-refractivity contribution in [1.29, 1.82) is 0 Å². The van der Waals surface area contributed by atoms with E-state index < -0.39 is 0 Å². The lowest BCUT2D eigenvalue weighted by Gasteiger charge is -2.11. The van der Waals surface area contributed by atoms with Gasteiger partial charge in [0.15, 0.2) is 0 Å². The van der Waals surface area contributed by atoms with Crippen molar-refractivity contribution in [2.45, 2.75) is 45.9 Å². The van der Waals surface area contributed by atoms with E-state index in [4.69, 9.17) is 4.74 Å². The first-order valence-electron chi connectivity index (χ1n) is 6.15. The normalized spacial score (nSPS) is 20.5. The average molecular weight is 223 g/mol. The van der Waals surface area contributed by atoms with E-state index in [1.807, 2.05) is 6.92 Å². The zero-order valence-corrected chi connectivity index (χ0v) is 10.2. The van der Waals surface area contributed by atoms with Gasteiger partial charge in [0, 0.05) is 26.2 Å². The van der Waals surface area contributed by atoms with Gasteiger partial charge in [-0.05, 0) is 32.8 Å². The third kappa shape index (κ3) is 2.83. The third-order valence-corrected chi connectivity index (χ3v) is 2.99. The number of hydrogen-bond donors (Lipinski definition) is 1. The highest BCUT2D eigenvalue weighted by Crippen LogP contribution is 2.11. The molecule has 0 aliphatic carbocycles. The van der Waals surface area contributed by atoms with Crippen LogP contribution in [0.3, 0.4) is 0 Å². The first-order valence-corrected chi connectivity index (χ1v) is 6.15. The van der Waals surface area contributed by atoms with Gasteiger partial charge in [0.2, 0.25) is 0 Å². The van der Waals surface area contributed by atoms with Gasteiger partial charge >= 0.3 is 0 Å². The van der Waals surface area contributed by atoms with E-state index in [0.717, 1.165) is 31.9 Å². The summed E-state index contributed by atoms with van der Waals surface area (Å²) in [4.78, 5) is 0. The van der Waals surface area contributed by atoms with Crippen molar-refractivity contribution in [2.24, 2.45) is 0 Å². The molecule has 0 radical (unpaired) electrons. The second-order valence-electron chi connectivity index (χ2n) is 4.36. The predicted molar refractivity (Wildman–Crippen MR) is 63.3 cm³/mol. The Hall–Kier alpha value is -0.870. The highest BCUT2D eigenvalue weighted by molar-refractivity contribution is 5.08. The van der Waals surface area contributed by atoms with Crippen LogP contribution >= 0.6 is 0 Å². The summed E-state index contributed by atoms with van der Waals surface area (Å²) in [5, 5.41) is 7.87. The van der Waals surface area contributed by atoms with E-state index in [1.165, 1.54) is 18.5 Å². The zero-order chi connectivity index (χ0) is 11.4. The molecule has 1 aromatic rings. The minimum Gasteiger partial charge on any atom is -0.377 e. The molecule has 1 aromatic heterocycles. The standard InChI is InChI=1S/C12H21N3O/c1-3-15-11(7-10(2)14-15)8-13-9-12-5-4-6-16-12/h7,12-13H,3-6,8-9H2,1-2H3. The molecule has 1 atom stereocenters. The van der Waals surface area contributed by atoms with Crippen LogP contribution in [0.4, 0.5) is 0 Å². The van der Waals surface area contributed by atoms with Crippen molar-refractivity contribution in [3.63, 3.8) is 0 Å². The van der Waals surface area contributed by atoms with Crippen LogP contribution in [0.15, 0.2) is 6.07 Å². The first kappa shape index (κ1) is 11.6. The fourth-order valence-electron chi connectivity index (χ4n) is 2.18. The van der Waals surface area contributed by atoms with Crippen molar-refractivity contribution in [3.8, 4) is 0 Å². The summed E-state index contributed by atoms with van der Waals surface area (Å²) in [5.74, 6) is 0. The maximum atomic E-state index is 5.57. The van der Waals surface area contributed by atoms with E-state index in [2.05, 4.69) is 28.1 Å². The quantitative estimate of drug-likeness (QED) is 0.822. The minimum atomic E-state index is 0.416. The summed E-state index contributed by atoms with van der Waals surface area (Å²) in [6.07, 6.45) is 2.82. The number of ether oxygens (including phenoxy) is 1. The molecule has 1 N–H and O–H groups in total. The van der Waals surface area contributed by atoms with E-state index in [9.17, 15) is 0 Å². The topological polar surface area (TPSA) is 39.1 Å². The fraction of sp³-hybridized carbons (Fsp3) is 0.750. The molecule has 1 saturated heterocycles. The molecule has 0 saturated carbocycles. The summed E-state index contributed by atoms with van der Waals surface area (Å²) in [7, 11) is 0. The van der Waals surface area contributed by atoms with Gasteiger partial charge in [-0.25, -0.2) is 0 Å². The maximum Gasteiger partial charge on any atom is 0.0700 e. The van der Waals surface area contributed by atoms with Crippen LogP contribution in [-0.2, 0) is 17.8 Å². The lowest BCUT2D eigenvalue weighted by molar-refractivity contribution is 0.110. The summed E-state index contributed by atoms with van der Waals surface area (Å²) in [5.41, 5.74) is 2.36. The number of rotatable bonds is 5. The van der Waals surface area contributed by atoms with E-state index >= 15 is 0 Å². The molecule has 1 aliphatic heterocycles. The van der Waals surface area contributed by atoms with Crippen LogP contribution in [0.2, 0.25) is 0 Å². The Bertz CT molecular complexity index is 329. The molecule has 0 amide bonds. The molecule has 4 heteroatoms. The largest absolute Gasteiger partial charge is 0.377 e. The molecule has 2 rings (SSSR count). The SMILES string of the molecule is CCn1nc(C)cc1CNCC1CCCO1. The van der Waals surface area contributed by atoms with Crippen molar-refractivity contribution < 1.29 is 4.74 Å². The van der Waals surface area contributed by atoms with E-state index in [-0.39, 0.29) is 0 Å². The lowest BCUT2D eigenvalue weighted by Crippen LogP contribution is -2.26. The molecular formula is C12H21N3O. The molecule has 0 spiro atoms. The van der Waals surface area contributed by atoms with Crippen LogP contribution in [0.1, 0.15) is 31.2 Å². The van der Waals surface area contributed by atoms with E-state index in [0.29, 0.717) is 6.10 Å². The Morgan fingerprint density at radius 2 is 2.50 bits per heavy atom. The zero-order valence-electron chi connectivity index (χ0n) is 10.2. The number of aryl methyl sites for hydroxylation is 2. The molecule has 16 heavy (non-hydrogen) atoms. The molecule has 1 fully saturated rings. The van der Waals surface area contributed by atoms with Crippen LogP contribution in [0, 0.1) is 6.92 Å². The molecule has 4 nitrogen and oxygen atoms in total. The van der Waals surface area contributed by atoms with Crippen LogP contribution in [0.25, 0.3) is 0 Å². The van der Waals surface area contributed by atoms with Gasteiger partial charge in [-0.1, -0.05) is 0 Å². The van der Waals surface area contributed by atoms with Crippen molar-refractivity contribution in [1.82, 2.24) is 15.1 Å². The summed E-state index contributed by atoms with van der Waals surface area (Å²) in [6, 6.07) is 2.14. The Morgan fingerprint density at radius 3 is 3.19 bits per heavy atom. The van der Waals surface area contributed by atoms with Gasteiger partial charge < -0.3 is 10.1 Å². The van der Waals surface area contributed by atoms with Gasteiger partial charge in [-0.3, -0.25) is 4.68 Å². The summed E-state index contributed by atoms with van der Waals surface area (Å²) >= 11 is 0. The van der Waals surface area contributed by atoms with Crippen LogP contribution in [-0.4, -0.2) is 29.0 Å².